The van der Waals surface area contributed by atoms with Gasteiger partial charge in [-0.15, -0.1) is 0 Å². The molecule has 4 atom stereocenters. The normalized spacial score (nSPS) is 34.5. The second-order valence-electron chi connectivity index (χ2n) is 7.39. The lowest BCUT2D eigenvalue weighted by molar-refractivity contribution is -0.154. The summed E-state index contributed by atoms with van der Waals surface area (Å²) >= 11 is 0. The average molecular weight is 321 g/mol. The van der Waals surface area contributed by atoms with Gasteiger partial charge in [-0.3, -0.25) is 9.59 Å². The van der Waals surface area contributed by atoms with E-state index in [1.807, 2.05) is 17.1 Å². The fourth-order valence-corrected chi connectivity index (χ4v) is 4.06. The monoisotopic (exact) mass is 321 g/mol. The minimum atomic E-state index is -0.607. The summed E-state index contributed by atoms with van der Waals surface area (Å²) in [4.78, 5) is 27.2. The van der Waals surface area contributed by atoms with Crippen molar-refractivity contribution in [3.63, 3.8) is 0 Å². The number of hydrogen-bond acceptors (Lipinski definition) is 4. The van der Waals surface area contributed by atoms with Gasteiger partial charge in [-0.1, -0.05) is 45.8 Å². The van der Waals surface area contributed by atoms with Crippen molar-refractivity contribution in [2.45, 2.75) is 51.7 Å². The first-order valence-corrected chi connectivity index (χ1v) is 8.81. The van der Waals surface area contributed by atoms with Crippen LogP contribution >= 0.6 is 0 Å². The Kier molecular flexibility index (Phi) is 4.50. The van der Waals surface area contributed by atoms with Gasteiger partial charge in [-0.25, -0.2) is 0 Å². The van der Waals surface area contributed by atoms with Crippen molar-refractivity contribution in [3.05, 3.63) is 12.2 Å². The summed E-state index contributed by atoms with van der Waals surface area (Å²) in [6, 6.07) is 0. The van der Waals surface area contributed by atoms with Crippen LogP contribution in [-0.2, 0) is 19.1 Å². The van der Waals surface area contributed by atoms with E-state index in [0.717, 1.165) is 19.3 Å². The molecule has 3 rings (SSSR count). The van der Waals surface area contributed by atoms with Crippen molar-refractivity contribution < 1.29 is 19.1 Å². The number of ether oxygens (including phenoxy) is 2. The highest BCUT2D eigenvalue weighted by molar-refractivity contribution is 5.91. The van der Waals surface area contributed by atoms with Crippen LogP contribution in [0.4, 0.5) is 0 Å². The van der Waals surface area contributed by atoms with E-state index in [4.69, 9.17) is 9.47 Å². The van der Waals surface area contributed by atoms with Crippen LogP contribution in [0, 0.1) is 17.8 Å². The van der Waals surface area contributed by atoms with Crippen molar-refractivity contribution in [1.29, 1.82) is 0 Å². The Morgan fingerprint density at radius 2 is 2.26 bits per heavy atom. The van der Waals surface area contributed by atoms with Crippen LogP contribution in [-0.4, -0.2) is 48.2 Å². The lowest BCUT2D eigenvalue weighted by atomic mass is 9.77. The van der Waals surface area contributed by atoms with Gasteiger partial charge in [0.1, 0.15) is 11.5 Å². The molecule has 0 aliphatic carbocycles. The zero-order valence-electron chi connectivity index (χ0n) is 14.3. The minimum absolute atomic E-state index is 0.0426. The molecular weight excluding hydrogens is 294 g/mol. The Hall–Kier alpha value is -1.36. The van der Waals surface area contributed by atoms with Gasteiger partial charge in [0, 0.05) is 6.54 Å². The molecule has 0 radical (unpaired) electrons. The van der Waals surface area contributed by atoms with Crippen LogP contribution in [0.3, 0.4) is 0 Å². The van der Waals surface area contributed by atoms with E-state index in [9.17, 15) is 9.59 Å². The number of rotatable bonds is 7. The Morgan fingerprint density at radius 3 is 2.96 bits per heavy atom. The second-order valence-corrected chi connectivity index (χ2v) is 7.39. The van der Waals surface area contributed by atoms with E-state index >= 15 is 0 Å². The molecule has 0 unspecified atom stereocenters. The van der Waals surface area contributed by atoms with Crippen LogP contribution in [0.5, 0.6) is 0 Å². The number of amides is 1. The summed E-state index contributed by atoms with van der Waals surface area (Å²) in [6.45, 7) is 7.99. The first kappa shape index (κ1) is 16.5. The molecule has 3 aliphatic rings. The Labute approximate surface area is 138 Å². The van der Waals surface area contributed by atoms with Crippen LogP contribution < -0.4 is 0 Å². The first-order chi connectivity index (χ1) is 11.0. The minimum Gasteiger partial charge on any atom is -0.465 e. The second kappa shape index (κ2) is 6.27. The average Bonchev–Trinajstić information content (AvgIpc) is 3.12. The third-order valence-electron chi connectivity index (χ3n) is 5.03. The zero-order chi connectivity index (χ0) is 16.6. The Bertz CT molecular complexity index is 515. The van der Waals surface area contributed by atoms with E-state index < -0.39 is 17.4 Å². The molecule has 0 aromatic carbocycles. The van der Waals surface area contributed by atoms with Crippen LogP contribution in [0.2, 0.25) is 0 Å². The van der Waals surface area contributed by atoms with Gasteiger partial charge in [-0.2, -0.15) is 0 Å². The van der Waals surface area contributed by atoms with Crippen molar-refractivity contribution in [1.82, 2.24) is 4.90 Å². The highest BCUT2D eigenvalue weighted by atomic mass is 16.6. The molecule has 0 saturated carbocycles. The summed E-state index contributed by atoms with van der Waals surface area (Å²) < 4.78 is 11.5. The first-order valence-electron chi connectivity index (χ1n) is 8.81. The van der Waals surface area contributed by atoms with Crippen LogP contribution in [0.15, 0.2) is 12.2 Å². The lowest BCUT2D eigenvalue weighted by Gasteiger charge is -2.23. The molecule has 0 aromatic rings. The Morgan fingerprint density at radius 1 is 1.48 bits per heavy atom. The van der Waals surface area contributed by atoms with E-state index in [1.165, 1.54) is 0 Å². The number of carbonyl (C=O) groups is 2. The maximum Gasteiger partial charge on any atom is 0.312 e. The summed E-state index contributed by atoms with van der Waals surface area (Å²) in [5.74, 6) is -0.723. The highest BCUT2D eigenvalue weighted by Gasteiger charge is 2.67. The molecule has 1 spiro atoms. The largest absolute Gasteiger partial charge is 0.465 e. The third-order valence-corrected chi connectivity index (χ3v) is 5.03. The molecule has 23 heavy (non-hydrogen) atoms. The molecule has 2 saturated heterocycles. The lowest BCUT2D eigenvalue weighted by Crippen LogP contribution is -2.40. The quantitative estimate of drug-likeness (QED) is 0.410. The van der Waals surface area contributed by atoms with Gasteiger partial charge in [0.25, 0.3) is 0 Å². The molecule has 3 heterocycles. The van der Waals surface area contributed by atoms with Gasteiger partial charge in [0.2, 0.25) is 5.91 Å². The fourth-order valence-electron chi connectivity index (χ4n) is 4.06. The number of fused-ring (bicyclic) bond motifs is 1. The molecule has 3 aliphatic heterocycles. The molecular formula is C18H27NO4. The Balaban J connectivity index is 1.70. The van der Waals surface area contributed by atoms with Crippen molar-refractivity contribution >= 4 is 11.9 Å². The SMILES string of the molecule is CCCCCOC(=O)[C@H]1[C@@H]2C=C[C@]3(CN(CC(C)C)C(=O)[C@H]13)O2. The molecule has 0 N–H and O–H groups in total. The van der Waals surface area contributed by atoms with Crippen molar-refractivity contribution in [2.24, 2.45) is 17.8 Å². The van der Waals surface area contributed by atoms with Gasteiger partial charge < -0.3 is 14.4 Å². The number of hydrogen-bond donors (Lipinski definition) is 0. The highest BCUT2D eigenvalue weighted by Crippen LogP contribution is 2.52. The van der Waals surface area contributed by atoms with E-state index in [1.54, 1.807) is 0 Å². The number of nitrogens with zero attached hydrogens (tertiary/aromatic N) is 1. The van der Waals surface area contributed by atoms with E-state index in [-0.39, 0.29) is 18.0 Å². The molecule has 2 bridgehead atoms. The predicted octanol–water partition coefficient (Wildman–Crippen LogP) is 2.16. The summed E-state index contributed by atoms with van der Waals surface area (Å²) in [7, 11) is 0. The van der Waals surface area contributed by atoms with Crippen LogP contribution in [0.25, 0.3) is 0 Å². The van der Waals surface area contributed by atoms with E-state index in [2.05, 4.69) is 20.8 Å². The summed E-state index contributed by atoms with van der Waals surface area (Å²) in [6.07, 6.45) is 6.63. The zero-order valence-corrected chi connectivity index (χ0v) is 14.3. The molecule has 5 heteroatoms. The number of esters is 1. The predicted molar refractivity (Wildman–Crippen MR) is 85.6 cm³/mol. The van der Waals surface area contributed by atoms with Gasteiger partial charge >= 0.3 is 5.97 Å². The topological polar surface area (TPSA) is 55.8 Å². The molecule has 0 aromatic heterocycles. The smallest absolute Gasteiger partial charge is 0.312 e. The number of unbranched alkanes of at least 4 members (excludes halogenated alkanes) is 2. The third kappa shape index (κ3) is 2.80. The summed E-state index contributed by atoms with van der Waals surface area (Å²) in [5, 5.41) is 0. The van der Waals surface area contributed by atoms with Crippen LogP contribution in [0.1, 0.15) is 40.0 Å². The molecule has 5 nitrogen and oxygen atoms in total. The van der Waals surface area contributed by atoms with Crippen molar-refractivity contribution in [2.75, 3.05) is 19.7 Å². The summed E-state index contributed by atoms with van der Waals surface area (Å²) in [5.41, 5.74) is -0.607. The molecule has 2 fully saturated rings. The maximum atomic E-state index is 12.8. The maximum absolute atomic E-state index is 12.8. The molecule has 1 amide bonds. The standard InChI is InChI=1S/C18H27NO4/c1-4-5-6-9-22-17(21)14-13-7-8-18(23-13)11-19(10-12(2)3)16(20)15(14)18/h7-8,12-15H,4-6,9-11H2,1-3H3/t13-,14-,15-,18+/m0/s1. The number of carbonyl (C=O) groups excluding carboxylic acids is 2. The van der Waals surface area contributed by atoms with Crippen molar-refractivity contribution in [3.8, 4) is 0 Å². The fraction of sp³-hybridized carbons (Fsp3) is 0.778. The van der Waals surface area contributed by atoms with E-state index in [0.29, 0.717) is 25.6 Å². The number of likely N-dealkylation sites (tertiary alicyclic amines) is 1. The molecule has 128 valence electrons. The van der Waals surface area contributed by atoms with Gasteiger partial charge in [-0.05, 0) is 12.3 Å². The van der Waals surface area contributed by atoms with Gasteiger partial charge in [0.15, 0.2) is 0 Å². The van der Waals surface area contributed by atoms with Gasteiger partial charge in [0.05, 0.1) is 25.2 Å².